The van der Waals surface area contributed by atoms with Crippen molar-refractivity contribution >= 4 is 27.3 Å². The molecule has 9 nitrogen and oxygen atoms in total. The zero-order valence-corrected chi connectivity index (χ0v) is 13.1. The third-order valence-electron chi connectivity index (χ3n) is 2.45. The van der Waals surface area contributed by atoms with Gasteiger partial charge in [0.25, 0.3) is 5.69 Å². The Labute approximate surface area is 123 Å². The van der Waals surface area contributed by atoms with Gasteiger partial charge in [-0.2, -0.15) is 0 Å². The van der Waals surface area contributed by atoms with E-state index in [4.69, 9.17) is 0 Å². The molecule has 3 N–H and O–H groups in total. The van der Waals surface area contributed by atoms with Gasteiger partial charge in [-0.25, -0.2) is 18.1 Å². The van der Waals surface area contributed by atoms with E-state index in [1.165, 1.54) is 12.1 Å². The average Bonchev–Trinajstić information content (AvgIpc) is 2.33. The number of pyridine rings is 1. The maximum atomic E-state index is 11.2. The van der Waals surface area contributed by atoms with Crippen LogP contribution >= 0.6 is 0 Å². The summed E-state index contributed by atoms with van der Waals surface area (Å²) in [5, 5.41) is 16.5. The van der Waals surface area contributed by atoms with Crippen LogP contribution in [0.5, 0.6) is 0 Å². The first-order chi connectivity index (χ1) is 9.52. The second kappa shape index (κ2) is 6.22. The first-order valence-electron chi connectivity index (χ1n) is 6.09. The second-order valence-corrected chi connectivity index (χ2v) is 6.96. The van der Waals surface area contributed by atoms with Gasteiger partial charge in [0, 0.05) is 19.1 Å². The SMILES string of the molecule is CNc1cc([N+](=O)[O-])cc(NCC(C)(C)NS(C)(=O)=O)n1. The van der Waals surface area contributed by atoms with Crippen molar-refractivity contribution in [2.24, 2.45) is 0 Å². The molecule has 0 aliphatic carbocycles. The first-order valence-corrected chi connectivity index (χ1v) is 7.98. The van der Waals surface area contributed by atoms with Crippen LogP contribution in [0, 0.1) is 10.1 Å². The number of nitrogens with one attached hydrogen (secondary N) is 3. The third-order valence-corrected chi connectivity index (χ3v) is 3.37. The maximum Gasteiger partial charge on any atom is 0.276 e. The summed E-state index contributed by atoms with van der Waals surface area (Å²) in [5.41, 5.74) is -0.870. The number of sulfonamides is 1. The Morgan fingerprint density at radius 2 is 1.90 bits per heavy atom. The van der Waals surface area contributed by atoms with Crippen LogP contribution in [0.3, 0.4) is 0 Å². The lowest BCUT2D eigenvalue weighted by Gasteiger charge is -2.25. The van der Waals surface area contributed by atoms with E-state index in [9.17, 15) is 18.5 Å². The van der Waals surface area contributed by atoms with Crippen molar-refractivity contribution in [1.29, 1.82) is 0 Å². The van der Waals surface area contributed by atoms with Gasteiger partial charge in [0.1, 0.15) is 11.6 Å². The number of nitro groups is 1. The molecule has 0 atom stereocenters. The molecule has 0 aliphatic heterocycles. The summed E-state index contributed by atoms with van der Waals surface area (Å²) >= 11 is 0. The second-order valence-electron chi connectivity index (χ2n) is 5.21. The summed E-state index contributed by atoms with van der Waals surface area (Å²) in [7, 11) is -1.75. The van der Waals surface area contributed by atoms with E-state index >= 15 is 0 Å². The van der Waals surface area contributed by atoms with Crippen LogP contribution in [0.15, 0.2) is 12.1 Å². The fourth-order valence-corrected chi connectivity index (χ4v) is 2.77. The highest BCUT2D eigenvalue weighted by Crippen LogP contribution is 2.20. The minimum Gasteiger partial charge on any atom is -0.373 e. The largest absolute Gasteiger partial charge is 0.373 e. The number of anilines is 2. The standard InChI is InChI=1S/C11H19N5O4S/c1-11(2,15-21(4,19)20)7-13-10-6-8(16(17)18)5-9(12-3)14-10/h5-6,15H,7H2,1-4H3,(H2,12,13,14). The number of hydrogen-bond acceptors (Lipinski definition) is 7. The van der Waals surface area contributed by atoms with Crippen LogP contribution in [-0.4, -0.2) is 43.7 Å². The molecule has 0 amide bonds. The van der Waals surface area contributed by atoms with Gasteiger partial charge in [-0.1, -0.05) is 0 Å². The Kier molecular flexibility index (Phi) is 5.07. The molecule has 10 heteroatoms. The average molecular weight is 317 g/mol. The first kappa shape index (κ1) is 17.1. The van der Waals surface area contributed by atoms with Gasteiger partial charge in [-0.3, -0.25) is 10.1 Å². The number of nitrogens with zero attached hydrogens (tertiary/aromatic N) is 2. The number of hydrogen-bond donors (Lipinski definition) is 3. The van der Waals surface area contributed by atoms with E-state index in [0.29, 0.717) is 5.82 Å². The molecule has 0 aliphatic rings. The Morgan fingerprint density at radius 1 is 1.33 bits per heavy atom. The third kappa shape index (κ3) is 5.92. The molecular weight excluding hydrogens is 298 g/mol. The lowest BCUT2D eigenvalue weighted by atomic mass is 10.1. The Hall–Kier alpha value is -1.94. The molecule has 0 aromatic carbocycles. The van der Waals surface area contributed by atoms with Crippen molar-refractivity contribution in [1.82, 2.24) is 9.71 Å². The summed E-state index contributed by atoms with van der Waals surface area (Å²) in [6, 6.07) is 2.60. The highest BCUT2D eigenvalue weighted by Gasteiger charge is 2.22. The predicted molar refractivity (Wildman–Crippen MR) is 81.0 cm³/mol. The van der Waals surface area contributed by atoms with E-state index in [1.54, 1.807) is 20.9 Å². The molecule has 1 heterocycles. The highest BCUT2D eigenvalue weighted by molar-refractivity contribution is 7.88. The van der Waals surface area contributed by atoms with E-state index in [2.05, 4.69) is 20.3 Å². The van der Waals surface area contributed by atoms with Crippen LogP contribution in [0.2, 0.25) is 0 Å². The zero-order chi connectivity index (χ0) is 16.3. The zero-order valence-electron chi connectivity index (χ0n) is 12.3. The lowest BCUT2D eigenvalue weighted by Crippen LogP contribution is -2.47. The molecule has 1 aromatic rings. The predicted octanol–water partition coefficient (Wildman–Crippen LogP) is 0.771. The van der Waals surface area contributed by atoms with Crippen LogP contribution in [0.1, 0.15) is 13.8 Å². The van der Waals surface area contributed by atoms with Crippen molar-refractivity contribution in [2.75, 3.05) is 30.5 Å². The molecule has 21 heavy (non-hydrogen) atoms. The molecule has 0 saturated heterocycles. The minimum absolute atomic E-state index is 0.106. The molecule has 0 unspecified atom stereocenters. The van der Waals surface area contributed by atoms with Crippen LogP contribution < -0.4 is 15.4 Å². The number of aromatic nitrogens is 1. The van der Waals surface area contributed by atoms with Crippen LogP contribution in [0.4, 0.5) is 17.3 Å². The van der Waals surface area contributed by atoms with Crippen LogP contribution in [0.25, 0.3) is 0 Å². The smallest absolute Gasteiger partial charge is 0.276 e. The van der Waals surface area contributed by atoms with E-state index in [0.717, 1.165) is 6.26 Å². The molecule has 118 valence electrons. The molecule has 0 fully saturated rings. The lowest BCUT2D eigenvalue weighted by molar-refractivity contribution is -0.384. The quantitative estimate of drug-likeness (QED) is 0.501. The molecule has 1 rings (SSSR count). The summed E-state index contributed by atoms with van der Waals surface area (Å²) in [6.07, 6.45) is 1.07. The van der Waals surface area contributed by atoms with Gasteiger partial charge in [-0.15, -0.1) is 0 Å². The van der Waals surface area contributed by atoms with E-state index in [1.807, 2.05) is 0 Å². The van der Waals surface area contributed by atoms with Gasteiger partial charge >= 0.3 is 0 Å². The van der Waals surface area contributed by atoms with Crippen molar-refractivity contribution in [2.45, 2.75) is 19.4 Å². The van der Waals surface area contributed by atoms with Crippen molar-refractivity contribution in [3.05, 3.63) is 22.2 Å². The van der Waals surface area contributed by atoms with Gasteiger partial charge in [-0.05, 0) is 13.8 Å². The molecule has 0 saturated carbocycles. The summed E-state index contributed by atoms with van der Waals surface area (Å²) in [6.45, 7) is 3.60. The fourth-order valence-electron chi connectivity index (χ4n) is 1.69. The maximum absolute atomic E-state index is 11.2. The monoisotopic (exact) mass is 317 g/mol. The minimum atomic E-state index is -3.35. The molecule has 0 spiro atoms. The van der Waals surface area contributed by atoms with Gasteiger partial charge in [0.05, 0.1) is 23.3 Å². The summed E-state index contributed by atoms with van der Waals surface area (Å²) in [4.78, 5) is 14.5. The number of rotatable bonds is 7. The van der Waals surface area contributed by atoms with Gasteiger partial charge in [0.2, 0.25) is 10.0 Å². The Bertz CT molecular complexity index is 630. The van der Waals surface area contributed by atoms with Gasteiger partial charge < -0.3 is 10.6 Å². The van der Waals surface area contributed by atoms with E-state index < -0.39 is 20.5 Å². The van der Waals surface area contributed by atoms with Crippen molar-refractivity contribution in [3.8, 4) is 0 Å². The van der Waals surface area contributed by atoms with Crippen molar-refractivity contribution < 1.29 is 13.3 Å². The van der Waals surface area contributed by atoms with E-state index in [-0.39, 0.29) is 18.1 Å². The molecule has 0 bridgehead atoms. The summed E-state index contributed by atoms with van der Waals surface area (Å²) in [5.74, 6) is 0.637. The molecule has 1 aromatic heterocycles. The van der Waals surface area contributed by atoms with Crippen molar-refractivity contribution in [3.63, 3.8) is 0 Å². The Morgan fingerprint density at radius 3 is 2.38 bits per heavy atom. The summed E-state index contributed by atoms with van der Waals surface area (Å²) < 4.78 is 25.0. The Balaban J connectivity index is 2.88. The van der Waals surface area contributed by atoms with Gasteiger partial charge in [0.15, 0.2) is 0 Å². The fraction of sp³-hybridized carbons (Fsp3) is 0.545. The molecular formula is C11H19N5O4S. The topological polar surface area (TPSA) is 126 Å². The highest BCUT2D eigenvalue weighted by atomic mass is 32.2. The normalized spacial score (nSPS) is 12.0. The molecule has 0 radical (unpaired) electrons. The van der Waals surface area contributed by atoms with Crippen LogP contribution in [-0.2, 0) is 10.0 Å².